The Morgan fingerprint density at radius 1 is 1.05 bits per heavy atom. The fourth-order valence-corrected chi connectivity index (χ4v) is 2.85. The molecule has 0 aliphatic heterocycles. The van der Waals surface area contributed by atoms with E-state index in [0.29, 0.717) is 0 Å². The molecule has 0 aromatic heterocycles. The molecule has 0 saturated heterocycles. The molecule has 3 heteroatoms. The number of nitrogens with zero attached hydrogens (tertiary/aromatic N) is 1. The van der Waals surface area contributed by atoms with Gasteiger partial charge >= 0.3 is 0 Å². The fourth-order valence-electron chi connectivity index (χ4n) is 2.56. The molecule has 0 spiro atoms. The van der Waals surface area contributed by atoms with E-state index in [9.17, 15) is 0 Å². The number of hydrogen-bond donors (Lipinski definition) is 1. The van der Waals surface area contributed by atoms with Crippen molar-refractivity contribution >= 4 is 11.6 Å². The third kappa shape index (κ3) is 4.57. The molecule has 0 amide bonds. The Morgan fingerprint density at radius 2 is 1.67 bits per heavy atom. The second kappa shape index (κ2) is 7.60. The van der Waals surface area contributed by atoms with Crippen molar-refractivity contribution < 1.29 is 0 Å². The lowest BCUT2D eigenvalue weighted by Crippen LogP contribution is -2.38. The number of benzene rings is 2. The van der Waals surface area contributed by atoms with Crippen molar-refractivity contribution in [2.24, 2.45) is 5.73 Å². The standard InChI is InChI=1S/C18H23ClN2/c1-14(17-10-6-7-11-18(17)19)21(2)13-16(20)12-15-8-4-3-5-9-15/h3-11,14,16H,12-13,20H2,1-2H3. The van der Waals surface area contributed by atoms with Crippen LogP contribution in [0.15, 0.2) is 54.6 Å². The highest BCUT2D eigenvalue weighted by Gasteiger charge is 2.16. The summed E-state index contributed by atoms with van der Waals surface area (Å²) >= 11 is 6.27. The maximum absolute atomic E-state index is 6.29. The topological polar surface area (TPSA) is 29.3 Å². The number of rotatable bonds is 6. The molecule has 2 atom stereocenters. The minimum Gasteiger partial charge on any atom is -0.326 e. The lowest BCUT2D eigenvalue weighted by atomic mass is 10.0. The van der Waals surface area contributed by atoms with E-state index in [1.807, 2.05) is 24.3 Å². The Kier molecular flexibility index (Phi) is 5.80. The Labute approximate surface area is 132 Å². The van der Waals surface area contributed by atoms with Crippen LogP contribution in [0, 0.1) is 0 Å². The summed E-state index contributed by atoms with van der Waals surface area (Å²) in [6, 6.07) is 18.7. The van der Waals surface area contributed by atoms with E-state index in [2.05, 4.69) is 49.2 Å². The number of halogens is 1. The molecule has 0 aliphatic carbocycles. The van der Waals surface area contributed by atoms with Gasteiger partial charge in [-0.1, -0.05) is 60.1 Å². The highest BCUT2D eigenvalue weighted by Crippen LogP contribution is 2.26. The SMILES string of the molecule is CC(c1ccccc1Cl)N(C)CC(N)Cc1ccccc1. The molecule has 2 aromatic rings. The first kappa shape index (κ1) is 16.0. The summed E-state index contributed by atoms with van der Waals surface area (Å²) in [7, 11) is 2.10. The smallest absolute Gasteiger partial charge is 0.0453 e. The minimum atomic E-state index is 0.113. The van der Waals surface area contributed by atoms with Crippen molar-refractivity contribution in [3.8, 4) is 0 Å². The summed E-state index contributed by atoms with van der Waals surface area (Å²) in [6.07, 6.45) is 0.889. The summed E-state index contributed by atoms with van der Waals surface area (Å²) in [5.74, 6) is 0. The van der Waals surface area contributed by atoms with Crippen LogP contribution in [-0.4, -0.2) is 24.5 Å². The minimum absolute atomic E-state index is 0.113. The first-order chi connectivity index (χ1) is 10.1. The van der Waals surface area contributed by atoms with Crippen molar-refractivity contribution in [3.05, 3.63) is 70.7 Å². The van der Waals surface area contributed by atoms with Gasteiger partial charge in [-0.05, 0) is 37.6 Å². The first-order valence-electron chi connectivity index (χ1n) is 7.32. The summed E-state index contributed by atoms with van der Waals surface area (Å²) in [5, 5.41) is 0.813. The lowest BCUT2D eigenvalue weighted by molar-refractivity contribution is 0.244. The van der Waals surface area contributed by atoms with Gasteiger partial charge in [0.25, 0.3) is 0 Å². The van der Waals surface area contributed by atoms with Crippen LogP contribution in [-0.2, 0) is 6.42 Å². The highest BCUT2D eigenvalue weighted by molar-refractivity contribution is 6.31. The summed E-state index contributed by atoms with van der Waals surface area (Å²) < 4.78 is 0. The van der Waals surface area contributed by atoms with E-state index >= 15 is 0 Å². The maximum Gasteiger partial charge on any atom is 0.0453 e. The van der Waals surface area contributed by atoms with Crippen molar-refractivity contribution in [2.45, 2.75) is 25.4 Å². The second-order valence-electron chi connectivity index (χ2n) is 5.59. The third-order valence-corrected chi connectivity index (χ3v) is 4.22. The van der Waals surface area contributed by atoms with Crippen molar-refractivity contribution in [1.82, 2.24) is 4.90 Å². The predicted octanol–water partition coefficient (Wildman–Crippen LogP) is 3.90. The van der Waals surface area contributed by atoms with Crippen molar-refractivity contribution in [3.63, 3.8) is 0 Å². The maximum atomic E-state index is 6.29. The number of hydrogen-bond acceptors (Lipinski definition) is 2. The predicted molar refractivity (Wildman–Crippen MR) is 90.6 cm³/mol. The molecular weight excluding hydrogens is 280 g/mol. The molecule has 2 nitrogen and oxygen atoms in total. The van der Waals surface area contributed by atoms with Crippen LogP contribution in [0.5, 0.6) is 0 Å². The molecule has 21 heavy (non-hydrogen) atoms. The van der Waals surface area contributed by atoms with E-state index in [1.165, 1.54) is 5.56 Å². The third-order valence-electron chi connectivity index (χ3n) is 3.88. The molecule has 2 rings (SSSR count). The molecule has 2 N–H and O–H groups in total. The Bertz CT molecular complexity index is 556. The van der Waals surface area contributed by atoms with Crippen LogP contribution in [0.4, 0.5) is 0 Å². The number of likely N-dealkylation sites (N-methyl/N-ethyl adjacent to an activating group) is 1. The molecule has 0 fully saturated rings. The van der Waals surface area contributed by atoms with Gasteiger partial charge < -0.3 is 5.73 Å². The lowest BCUT2D eigenvalue weighted by Gasteiger charge is -2.28. The molecular formula is C18H23ClN2. The molecule has 2 aromatic carbocycles. The van der Waals surface area contributed by atoms with Crippen molar-refractivity contribution in [2.75, 3.05) is 13.6 Å². The molecule has 0 radical (unpaired) electrons. The molecule has 112 valence electrons. The summed E-state index contributed by atoms with van der Waals surface area (Å²) in [5.41, 5.74) is 8.71. The van der Waals surface area contributed by atoms with E-state index in [1.54, 1.807) is 0 Å². The summed E-state index contributed by atoms with van der Waals surface area (Å²) in [4.78, 5) is 2.26. The van der Waals surface area contributed by atoms with Gasteiger partial charge in [0.15, 0.2) is 0 Å². The van der Waals surface area contributed by atoms with Crippen LogP contribution in [0.1, 0.15) is 24.1 Å². The zero-order valence-corrected chi connectivity index (χ0v) is 13.4. The average Bonchev–Trinajstić information content (AvgIpc) is 2.48. The van der Waals surface area contributed by atoms with Gasteiger partial charge in [-0.3, -0.25) is 4.90 Å². The van der Waals surface area contributed by atoms with Gasteiger partial charge in [-0.25, -0.2) is 0 Å². The molecule has 0 bridgehead atoms. The van der Waals surface area contributed by atoms with E-state index in [-0.39, 0.29) is 12.1 Å². The average molecular weight is 303 g/mol. The van der Waals surface area contributed by atoms with E-state index < -0.39 is 0 Å². The van der Waals surface area contributed by atoms with Gasteiger partial charge in [0.05, 0.1) is 0 Å². The van der Waals surface area contributed by atoms with Crippen LogP contribution >= 0.6 is 11.6 Å². The largest absolute Gasteiger partial charge is 0.326 e. The fraction of sp³-hybridized carbons (Fsp3) is 0.333. The van der Waals surface area contributed by atoms with E-state index in [4.69, 9.17) is 17.3 Å². The Balaban J connectivity index is 1.94. The van der Waals surface area contributed by atoms with Crippen LogP contribution in [0.3, 0.4) is 0 Å². The second-order valence-corrected chi connectivity index (χ2v) is 5.99. The molecule has 0 saturated carbocycles. The van der Waals surface area contributed by atoms with Crippen LogP contribution in [0.25, 0.3) is 0 Å². The number of nitrogens with two attached hydrogens (primary N) is 1. The molecule has 0 heterocycles. The normalized spacial score (nSPS) is 14.1. The van der Waals surface area contributed by atoms with Crippen LogP contribution in [0.2, 0.25) is 5.02 Å². The highest BCUT2D eigenvalue weighted by atomic mass is 35.5. The van der Waals surface area contributed by atoms with Crippen LogP contribution < -0.4 is 5.73 Å². The zero-order chi connectivity index (χ0) is 15.2. The molecule has 2 unspecified atom stereocenters. The Morgan fingerprint density at radius 3 is 2.33 bits per heavy atom. The first-order valence-corrected chi connectivity index (χ1v) is 7.70. The quantitative estimate of drug-likeness (QED) is 0.877. The van der Waals surface area contributed by atoms with Gasteiger partial charge in [0.2, 0.25) is 0 Å². The zero-order valence-electron chi connectivity index (χ0n) is 12.7. The Hall–Kier alpha value is -1.35. The van der Waals surface area contributed by atoms with Gasteiger partial charge in [-0.2, -0.15) is 0 Å². The van der Waals surface area contributed by atoms with Gasteiger partial charge in [0, 0.05) is 23.7 Å². The van der Waals surface area contributed by atoms with E-state index in [0.717, 1.165) is 23.6 Å². The van der Waals surface area contributed by atoms with Gasteiger partial charge in [0.1, 0.15) is 0 Å². The van der Waals surface area contributed by atoms with Crippen molar-refractivity contribution in [1.29, 1.82) is 0 Å². The monoisotopic (exact) mass is 302 g/mol. The summed E-state index contributed by atoms with van der Waals surface area (Å²) in [6.45, 7) is 3.00. The van der Waals surface area contributed by atoms with Gasteiger partial charge in [-0.15, -0.1) is 0 Å². The molecule has 0 aliphatic rings.